The van der Waals surface area contributed by atoms with Crippen LogP contribution in [0.3, 0.4) is 0 Å². The molecule has 0 aromatic carbocycles. The fourth-order valence-electron chi connectivity index (χ4n) is 0.195. The Bertz CT molecular complexity index is 101. The van der Waals surface area contributed by atoms with Crippen LogP contribution in [0.1, 0.15) is 0 Å². The fraction of sp³-hybridized carbons (Fsp3) is 0. The Morgan fingerprint density at radius 1 is 1.43 bits per heavy atom. The van der Waals surface area contributed by atoms with Crippen LogP contribution in [0.25, 0.3) is 0 Å². The summed E-state index contributed by atoms with van der Waals surface area (Å²) in [5, 5.41) is 0. The molecular weight excluding hydrogens is 104 g/mol. The second kappa shape index (κ2) is 3.75. The molecule has 0 radical (unpaired) electrons. The highest BCUT2D eigenvalue weighted by Crippen LogP contribution is 1.88. The fourth-order valence-corrected chi connectivity index (χ4v) is 0.313. The van der Waals surface area contributed by atoms with Crippen molar-refractivity contribution in [1.82, 2.24) is 0 Å². The van der Waals surface area contributed by atoms with E-state index in [1.54, 1.807) is 12.2 Å². The topological polar surface area (TPSA) is 0 Å². The summed E-state index contributed by atoms with van der Waals surface area (Å²) >= 11 is 3.25. The summed E-state index contributed by atoms with van der Waals surface area (Å²) in [4.78, 5) is 0.954. The largest absolute Gasteiger partial charge is 0.149 e. The van der Waals surface area contributed by atoms with Crippen molar-refractivity contribution in [1.29, 1.82) is 0 Å². The van der Waals surface area contributed by atoms with Gasteiger partial charge < -0.3 is 0 Å². The minimum Gasteiger partial charge on any atom is -0.0989 e. The summed E-state index contributed by atoms with van der Waals surface area (Å²) in [7, 11) is 0. The summed E-state index contributed by atoms with van der Waals surface area (Å²) in [5.41, 5.74) is 0. The molecule has 1 heteroatoms. The number of hydrogen-bond acceptors (Lipinski definition) is 0. The third-order valence-electron chi connectivity index (χ3n) is 0.517. The molecule has 0 nitrogen and oxygen atoms in total. The zero-order valence-electron chi connectivity index (χ0n) is 4.15. The first-order valence-electron chi connectivity index (χ1n) is 1.98. The SMILES string of the molecule is C=C/C=C(/[SH2+])C=C. The molecule has 0 aliphatic rings. The van der Waals surface area contributed by atoms with Gasteiger partial charge in [-0.05, 0) is 24.8 Å². The molecule has 0 amide bonds. The minimum absolute atomic E-state index is 0.954. The number of rotatable bonds is 2. The molecule has 0 aromatic rings. The van der Waals surface area contributed by atoms with E-state index < -0.39 is 0 Å². The van der Waals surface area contributed by atoms with Gasteiger partial charge in [0, 0.05) is 0 Å². The highest BCUT2D eigenvalue weighted by Gasteiger charge is 1.79. The number of hydrogen-bond donors (Lipinski definition) is 0. The Labute approximate surface area is 49.7 Å². The summed E-state index contributed by atoms with van der Waals surface area (Å²) < 4.78 is 0. The molecule has 0 spiro atoms. The first-order chi connectivity index (χ1) is 3.31. The van der Waals surface area contributed by atoms with Crippen molar-refractivity contribution in [2.45, 2.75) is 0 Å². The molecule has 0 fully saturated rings. The molecule has 0 N–H and O–H groups in total. The molecule has 0 saturated heterocycles. The number of allylic oxidation sites excluding steroid dienone is 3. The van der Waals surface area contributed by atoms with E-state index >= 15 is 0 Å². The lowest BCUT2D eigenvalue weighted by atomic mass is 10.5. The van der Waals surface area contributed by atoms with E-state index in [0.717, 1.165) is 4.91 Å². The second-order valence-corrected chi connectivity index (χ2v) is 1.64. The molecule has 0 aromatic heterocycles. The highest BCUT2D eigenvalue weighted by molar-refractivity contribution is 7.63. The van der Waals surface area contributed by atoms with Crippen LogP contribution in [0.2, 0.25) is 0 Å². The Balaban J connectivity index is 3.72. The van der Waals surface area contributed by atoms with Crippen LogP contribution in [0.4, 0.5) is 0 Å². The van der Waals surface area contributed by atoms with E-state index in [2.05, 4.69) is 25.8 Å². The summed E-state index contributed by atoms with van der Waals surface area (Å²) in [6.45, 7) is 7.01. The van der Waals surface area contributed by atoms with Crippen LogP contribution in [-0.2, 0) is 12.6 Å². The Morgan fingerprint density at radius 2 is 2.00 bits per heavy atom. The second-order valence-electron chi connectivity index (χ2n) is 1.06. The Hall–Kier alpha value is -0.430. The molecule has 0 rings (SSSR count). The predicted octanol–water partition coefficient (Wildman–Crippen LogP) is 1.25. The zero-order valence-corrected chi connectivity index (χ0v) is 5.15. The van der Waals surface area contributed by atoms with E-state index in [-0.39, 0.29) is 0 Å². The molecule has 0 saturated carbocycles. The van der Waals surface area contributed by atoms with Crippen molar-refractivity contribution in [2.75, 3.05) is 0 Å². The Kier molecular flexibility index (Phi) is 3.52. The first-order valence-corrected chi connectivity index (χ1v) is 2.48. The van der Waals surface area contributed by atoms with Gasteiger partial charge in [-0.3, -0.25) is 0 Å². The van der Waals surface area contributed by atoms with Crippen LogP contribution < -0.4 is 0 Å². The van der Waals surface area contributed by atoms with Gasteiger partial charge in [0.1, 0.15) is 4.91 Å². The molecule has 0 atom stereocenters. The van der Waals surface area contributed by atoms with Crippen molar-refractivity contribution in [3.63, 3.8) is 0 Å². The lowest BCUT2D eigenvalue weighted by Gasteiger charge is -1.70. The van der Waals surface area contributed by atoms with E-state index in [1.807, 2.05) is 6.08 Å². The first kappa shape index (κ1) is 6.57. The van der Waals surface area contributed by atoms with E-state index in [9.17, 15) is 0 Å². The van der Waals surface area contributed by atoms with Crippen molar-refractivity contribution in [3.05, 3.63) is 36.3 Å². The summed E-state index contributed by atoms with van der Waals surface area (Å²) in [6.07, 6.45) is 5.23. The van der Waals surface area contributed by atoms with Crippen molar-refractivity contribution in [2.24, 2.45) is 0 Å². The van der Waals surface area contributed by atoms with Gasteiger partial charge in [0.25, 0.3) is 0 Å². The van der Waals surface area contributed by atoms with Crippen molar-refractivity contribution >= 4 is 12.6 Å². The Morgan fingerprint density at radius 3 is 2.14 bits per heavy atom. The van der Waals surface area contributed by atoms with Gasteiger partial charge >= 0.3 is 0 Å². The van der Waals surface area contributed by atoms with E-state index in [1.165, 1.54) is 0 Å². The van der Waals surface area contributed by atoms with E-state index in [0.29, 0.717) is 0 Å². The maximum Gasteiger partial charge on any atom is 0.149 e. The summed E-state index contributed by atoms with van der Waals surface area (Å²) in [6, 6.07) is 0. The normalized spacial score (nSPS) is 10.7. The van der Waals surface area contributed by atoms with Gasteiger partial charge in [-0.2, -0.15) is 0 Å². The zero-order chi connectivity index (χ0) is 5.70. The van der Waals surface area contributed by atoms with E-state index in [4.69, 9.17) is 0 Å². The van der Waals surface area contributed by atoms with Crippen molar-refractivity contribution < 1.29 is 0 Å². The maximum atomic E-state index is 3.51. The third-order valence-corrected chi connectivity index (χ3v) is 0.888. The van der Waals surface area contributed by atoms with Crippen LogP contribution in [0.5, 0.6) is 0 Å². The molecule has 0 heterocycles. The molecule has 0 bridgehead atoms. The lowest BCUT2D eigenvalue weighted by Crippen LogP contribution is -1.61. The molecule has 0 unspecified atom stereocenters. The monoisotopic (exact) mass is 113 g/mol. The summed E-state index contributed by atoms with van der Waals surface area (Å²) in [5.74, 6) is 0. The third kappa shape index (κ3) is 3.40. The lowest BCUT2D eigenvalue weighted by molar-refractivity contribution is 1.92. The van der Waals surface area contributed by atoms with Crippen molar-refractivity contribution in [3.8, 4) is 0 Å². The average molecular weight is 113 g/mol. The highest BCUT2D eigenvalue weighted by atomic mass is 32.1. The van der Waals surface area contributed by atoms with Gasteiger partial charge in [-0.25, -0.2) is 0 Å². The molecule has 0 aliphatic carbocycles. The molecule has 0 aliphatic heterocycles. The average Bonchev–Trinajstić information content (AvgIpc) is 1.68. The van der Waals surface area contributed by atoms with Gasteiger partial charge in [-0.1, -0.05) is 19.2 Å². The predicted molar refractivity (Wildman–Crippen MR) is 38.6 cm³/mol. The van der Waals surface area contributed by atoms with Gasteiger partial charge in [0.05, 0.1) is 0 Å². The molecule has 38 valence electrons. The molecule has 7 heavy (non-hydrogen) atoms. The van der Waals surface area contributed by atoms with Gasteiger partial charge in [0.2, 0.25) is 0 Å². The van der Waals surface area contributed by atoms with Gasteiger partial charge in [-0.15, -0.1) is 0 Å². The van der Waals surface area contributed by atoms with Crippen LogP contribution in [0, 0.1) is 0 Å². The molecular formula is C6H9S+. The van der Waals surface area contributed by atoms with Gasteiger partial charge in [0.15, 0.2) is 0 Å². The quantitative estimate of drug-likeness (QED) is 0.373. The maximum absolute atomic E-state index is 3.51. The van der Waals surface area contributed by atoms with Crippen LogP contribution in [0.15, 0.2) is 36.3 Å². The van der Waals surface area contributed by atoms with Crippen LogP contribution in [-0.4, -0.2) is 0 Å². The smallest absolute Gasteiger partial charge is 0.0989 e. The van der Waals surface area contributed by atoms with Crippen LogP contribution >= 0.6 is 0 Å². The standard InChI is InChI=1S/C6H8S/c1-3-5-6(7)4-2/h3-5,7H,1-2H2/p+1/b6-5+. The minimum atomic E-state index is 0.954.